The van der Waals surface area contributed by atoms with Gasteiger partial charge in [0.1, 0.15) is 17.6 Å². The Labute approximate surface area is 218 Å². The lowest BCUT2D eigenvalue weighted by atomic mass is 9.89. The van der Waals surface area contributed by atoms with E-state index in [0.29, 0.717) is 0 Å². The highest BCUT2D eigenvalue weighted by Gasteiger charge is 2.44. The van der Waals surface area contributed by atoms with Gasteiger partial charge in [-0.2, -0.15) is 5.26 Å². The van der Waals surface area contributed by atoms with E-state index in [2.05, 4.69) is 0 Å². The van der Waals surface area contributed by atoms with Gasteiger partial charge in [-0.1, -0.05) is 47.8 Å². The van der Waals surface area contributed by atoms with Crippen molar-refractivity contribution in [1.82, 2.24) is 0 Å². The summed E-state index contributed by atoms with van der Waals surface area (Å²) < 4.78 is 11.4. The van der Waals surface area contributed by atoms with Crippen LogP contribution in [-0.2, 0) is 10.4 Å². The molecule has 184 valence electrons. The molecule has 1 atom stereocenters. The molecular weight excluding hydrogens is 537 g/mol. The van der Waals surface area contributed by atoms with Crippen LogP contribution in [0.3, 0.4) is 0 Å². The van der Waals surface area contributed by atoms with Crippen molar-refractivity contribution < 1.29 is 24.1 Å². The predicted molar refractivity (Wildman–Crippen MR) is 131 cm³/mol. The molecule has 10 nitrogen and oxygen atoms in total. The zero-order chi connectivity index (χ0) is 26.6. The fraction of sp³-hybridized carbons (Fsp3) is 0.130. The van der Waals surface area contributed by atoms with Crippen LogP contribution in [0.4, 0.5) is 11.4 Å². The summed E-state index contributed by atoms with van der Waals surface area (Å²) in [6.45, 7) is 1.50. The van der Waals surface area contributed by atoms with Crippen molar-refractivity contribution in [2.24, 2.45) is 0 Å². The number of hydrogen-bond acceptors (Lipinski definition) is 8. The summed E-state index contributed by atoms with van der Waals surface area (Å²) in [5.74, 6) is -1.15. The minimum Gasteiger partial charge on any atom is -0.456 e. The molecule has 0 fully saturated rings. The molecule has 0 aliphatic heterocycles. The van der Waals surface area contributed by atoms with Crippen molar-refractivity contribution >= 4 is 52.0 Å². The summed E-state index contributed by atoms with van der Waals surface area (Å²) in [5.41, 5.74) is -3.10. The van der Waals surface area contributed by atoms with Crippen molar-refractivity contribution in [3.63, 3.8) is 0 Å². The highest BCUT2D eigenvalue weighted by Crippen LogP contribution is 2.41. The monoisotopic (exact) mass is 549 g/mol. The first kappa shape index (κ1) is 26.7. The number of nitriles is 1. The van der Waals surface area contributed by atoms with Crippen LogP contribution in [0.25, 0.3) is 0 Å². The van der Waals surface area contributed by atoms with Crippen LogP contribution in [0.2, 0.25) is 15.1 Å². The van der Waals surface area contributed by atoms with E-state index in [1.165, 1.54) is 37.3 Å². The SMILES string of the molecule is CCC(=O)C(C#N)(Oc1cc(Oc2ccc([N+](=O)[O-])cc2Cl)ccc1[N+](=O)[O-])c1ccc(Cl)c(Cl)c1. The van der Waals surface area contributed by atoms with Gasteiger partial charge in [-0.3, -0.25) is 25.0 Å². The smallest absolute Gasteiger partial charge is 0.311 e. The third kappa shape index (κ3) is 5.33. The second-order valence-corrected chi connectivity index (χ2v) is 8.38. The van der Waals surface area contributed by atoms with E-state index in [1.54, 1.807) is 0 Å². The van der Waals surface area contributed by atoms with Gasteiger partial charge in [0, 0.05) is 36.2 Å². The molecule has 0 N–H and O–H groups in total. The average Bonchev–Trinajstić information content (AvgIpc) is 2.84. The number of ether oxygens (including phenoxy) is 2. The Balaban J connectivity index is 2.11. The molecule has 3 aromatic rings. The molecule has 0 saturated heterocycles. The molecule has 0 bridgehead atoms. The Morgan fingerprint density at radius 2 is 1.67 bits per heavy atom. The molecule has 0 aliphatic rings. The van der Waals surface area contributed by atoms with E-state index >= 15 is 0 Å². The van der Waals surface area contributed by atoms with Crippen LogP contribution in [0.1, 0.15) is 18.9 Å². The second kappa shape index (κ2) is 10.8. The van der Waals surface area contributed by atoms with Crippen LogP contribution in [0.5, 0.6) is 17.2 Å². The molecule has 0 saturated carbocycles. The second-order valence-electron chi connectivity index (χ2n) is 7.16. The normalized spacial score (nSPS) is 12.2. The average molecular weight is 551 g/mol. The maximum absolute atomic E-state index is 13.0. The number of non-ortho nitro benzene ring substituents is 1. The highest BCUT2D eigenvalue weighted by atomic mass is 35.5. The Hall–Kier alpha value is -3.91. The molecule has 3 aromatic carbocycles. The molecule has 0 spiro atoms. The van der Waals surface area contributed by atoms with E-state index in [1.807, 2.05) is 6.07 Å². The molecule has 0 heterocycles. The van der Waals surface area contributed by atoms with E-state index in [9.17, 15) is 30.3 Å². The molecule has 3 rings (SSSR count). The molecule has 0 aliphatic carbocycles. The third-order valence-electron chi connectivity index (χ3n) is 4.94. The van der Waals surface area contributed by atoms with Crippen LogP contribution in [-0.4, -0.2) is 15.6 Å². The van der Waals surface area contributed by atoms with E-state index in [-0.39, 0.29) is 44.2 Å². The van der Waals surface area contributed by atoms with Crippen LogP contribution in [0, 0.1) is 31.6 Å². The number of ketones is 1. The molecule has 0 amide bonds. The number of benzene rings is 3. The lowest BCUT2D eigenvalue weighted by Crippen LogP contribution is -2.40. The van der Waals surface area contributed by atoms with Gasteiger partial charge in [0.2, 0.25) is 5.75 Å². The minimum atomic E-state index is -2.29. The summed E-state index contributed by atoms with van der Waals surface area (Å²) in [6.07, 6.45) is -0.143. The number of nitro benzene ring substituents is 2. The first-order valence-electron chi connectivity index (χ1n) is 10.0. The zero-order valence-electron chi connectivity index (χ0n) is 18.2. The quantitative estimate of drug-likeness (QED) is 0.204. The Morgan fingerprint density at radius 3 is 2.22 bits per heavy atom. The van der Waals surface area contributed by atoms with Crippen molar-refractivity contribution in [3.05, 3.63) is 95.5 Å². The summed E-state index contributed by atoms with van der Waals surface area (Å²) in [5, 5.41) is 32.8. The molecule has 1 unspecified atom stereocenters. The van der Waals surface area contributed by atoms with Gasteiger partial charge in [-0.05, 0) is 24.3 Å². The fourth-order valence-corrected chi connectivity index (χ4v) is 3.67. The molecule has 0 aromatic heterocycles. The van der Waals surface area contributed by atoms with Crippen molar-refractivity contribution in [2.45, 2.75) is 18.9 Å². The first-order valence-corrected chi connectivity index (χ1v) is 11.1. The van der Waals surface area contributed by atoms with Gasteiger partial charge in [0.25, 0.3) is 11.3 Å². The predicted octanol–water partition coefficient (Wildman–Crippen LogP) is 7.03. The number of carbonyl (C=O) groups is 1. The van der Waals surface area contributed by atoms with Crippen LogP contribution >= 0.6 is 34.8 Å². The minimum absolute atomic E-state index is 0.0164. The first-order chi connectivity index (χ1) is 17.0. The number of nitro groups is 2. The van der Waals surface area contributed by atoms with Gasteiger partial charge >= 0.3 is 5.69 Å². The van der Waals surface area contributed by atoms with Gasteiger partial charge in [-0.25, -0.2) is 0 Å². The van der Waals surface area contributed by atoms with Gasteiger partial charge < -0.3 is 9.47 Å². The largest absolute Gasteiger partial charge is 0.456 e. The van der Waals surface area contributed by atoms with Gasteiger partial charge in [-0.15, -0.1) is 0 Å². The Kier molecular flexibility index (Phi) is 8.00. The topological polar surface area (TPSA) is 146 Å². The Bertz CT molecular complexity index is 1420. The molecular formula is C23H14Cl3N3O7. The number of rotatable bonds is 9. The lowest BCUT2D eigenvalue weighted by molar-refractivity contribution is -0.386. The van der Waals surface area contributed by atoms with E-state index in [4.69, 9.17) is 44.3 Å². The number of nitrogens with zero attached hydrogens (tertiary/aromatic N) is 3. The Morgan fingerprint density at radius 1 is 0.944 bits per heavy atom. The van der Waals surface area contributed by atoms with Crippen LogP contribution < -0.4 is 9.47 Å². The van der Waals surface area contributed by atoms with E-state index < -0.39 is 32.7 Å². The molecule has 0 radical (unpaired) electrons. The number of halogens is 3. The maximum Gasteiger partial charge on any atom is 0.311 e. The van der Waals surface area contributed by atoms with Crippen molar-refractivity contribution in [2.75, 3.05) is 0 Å². The zero-order valence-corrected chi connectivity index (χ0v) is 20.5. The summed E-state index contributed by atoms with van der Waals surface area (Å²) in [6, 6.07) is 12.7. The summed E-state index contributed by atoms with van der Waals surface area (Å²) in [4.78, 5) is 34.2. The highest BCUT2D eigenvalue weighted by molar-refractivity contribution is 6.42. The number of Topliss-reactive ketones (excluding diaryl/α,β-unsaturated/α-hetero) is 1. The number of hydrogen-bond donors (Lipinski definition) is 0. The third-order valence-corrected chi connectivity index (χ3v) is 5.98. The fourth-order valence-electron chi connectivity index (χ4n) is 3.16. The summed E-state index contributed by atoms with van der Waals surface area (Å²) >= 11 is 18.1. The standard InChI is InChI=1S/C23H14Cl3N3O7/c1-2-22(30)23(12-27,13-3-6-16(24)17(25)9-13)36-21-11-15(5-7-19(21)29(33)34)35-20-8-4-14(28(31)32)10-18(20)26/h3-11H,2H2,1H3. The maximum atomic E-state index is 13.0. The van der Waals surface area contributed by atoms with E-state index in [0.717, 1.165) is 24.3 Å². The van der Waals surface area contributed by atoms with Crippen molar-refractivity contribution in [1.29, 1.82) is 5.26 Å². The lowest BCUT2D eigenvalue weighted by Gasteiger charge is -2.27. The number of carbonyl (C=O) groups excluding carboxylic acids is 1. The molecule has 13 heteroatoms. The van der Waals surface area contributed by atoms with Gasteiger partial charge in [0.15, 0.2) is 5.78 Å². The van der Waals surface area contributed by atoms with Crippen LogP contribution in [0.15, 0.2) is 54.6 Å². The molecule has 36 heavy (non-hydrogen) atoms. The van der Waals surface area contributed by atoms with Crippen molar-refractivity contribution in [3.8, 4) is 23.3 Å². The summed E-state index contributed by atoms with van der Waals surface area (Å²) in [7, 11) is 0. The van der Waals surface area contributed by atoms with Gasteiger partial charge in [0.05, 0.1) is 24.9 Å².